The van der Waals surface area contributed by atoms with E-state index < -0.39 is 0 Å². The van der Waals surface area contributed by atoms with Crippen molar-refractivity contribution >= 4 is 11.6 Å². The first-order valence-electron chi connectivity index (χ1n) is 8.08. The molecule has 0 radical (unpaired) electrons. The first kappa shape index (κ1) is 17.9. The Morgan fingerprint density at radius 3 is 2.25 bits per heavy atom. The van der Waals surface area contributed by atoms with Crippen LogP contribution in [0.25, 0.3) is 0 Å². The number of anilines is 1. The van der Waals surface area contributed by atoms with Crippen molar-refractivity contribution in [1.82, 2.24) is 0 Å². The number of ether oxygens (including phenoxy) is 2. The fourth-order valence-electron chi connectivity index (χ4n) is 2.34. The van der Waals surface area contributed by atoms with Crippen molar-refractivity contribution in [2.24, 2.45) is 0 Å². The number of hydrogen-bond acceptors (Lipinski definition) is 3. The molecule has 0 bridgehead atoms. The molecular weight excluding hydrogens is 302 g/mol. The Morgan fingerprint density at radius 2 is 1.71 bits per heavy atom. The third-order valence-electron chi connectivity index (χ3n) is 3.73. The lowest BCUT2D eigenvalue weighted by atomic mass is 9.87. The molecule has 4 heteroatoms. The van der Waals surface area contributed by atoms with Crippen molar-refractivity contribution in [3.8, 4) is 11.5 Å². The molecule has 2 aromatic carbocycles. The number of carbonyl (C=O) groups is 1. The number of rotatable bonds is 5. The van der Waals surface area contributed by atoms with E-state index in [0.717, 1.165) is 0 Å². The lowest BCUT2D eigenvalue weighted by Gasteiger charge is -2.19. The average Bonchev–Trinajstić information content (AvgIpc) is 2.55. The Morgan fingerprint density at radius 1 is 1.04 bits per heavy atom. The van der Waals surface area contributed by atoms with Gasteiger partial charge in [0.2, 0.25) is 0 Å². The zero-order valence-corrected chi connectivity index (χ0v) is 15.0. The van der Waals surface area contributed by atoms with Gasteiger partial charge in [0.15, 0.2) is 11.5 Å². The Kier molecular flexibility index (Phi) is 5.50. The third-order valence-corrected chi connectivity index (χ3v) is 3.73. The zero-order valence-electron chi connectivity index (χ0n) is 15.0. The van der Waals surface area contributed by atoms with Crippen LogP contribution in [-0.2, 0) is 5.41 Å². The van der Waals surface area contributed by atoms with Gasteiger partial charge in [-0.05, 0) is 42.2 Å². The Bertz CT molecular complexity index is 700. The Balaban J connectivity index is 2.14. The third kappa shape index (κ3) is 4.28. The van der Waals surface area contributed by atoms with Crippen molar-refractivity contribution in [2.45, 2.75) is 33.1 Å². The van der Waals surface area contributed by atoms with Crippen LogP contribution in [0, 0.1) is 0 Å². The van der Waals surface area contributed by atoms with Gasteiger partial charge in [0, 0.05) is 17.3 Å². The maximum atomic E-state index is 12.4. The molecule has 2 rings (SSSR count). The van der Waals surface area contributed by atoms with Crippen LogP contribution in [0.5, 0.6) is 11.5 Å². The molecule has 0 unspecified atom stereocenters. The van der Waals surface area contributed by atoms with E-state index in [0.29, 0.717) is 29.4 Å². The molecule has 4 nitrogen and oxygen atoms in total. The smallest absolute Gasteiger partial charge is 0.255 e. The van der Waals surface area contributed by atoms with Crippen LogP contribution in [0.15, 0.2) is 42.5 Å². The number of hydrogen-bond donors (Lipinski definition) is 1. The van der Waals surface area contributed by atoms with Gasteiger partial charge in [-0.2, -0.15) is 0 Å². The number of methoxy groups -OCH3 is 1. The van der Waals surface area contributed by atoms with Crippen LogP contribution in [-0.4, -0.2) is 19.6 Å². The molecular formula is C20H25NO3. The summed E-state index contributed by atoms with van der Waals surface area (Å²) in [5, 5.41) is 2.89. The highest BCUT2D eigenvalue weighted by molar-refractivity contribution is 6.04. The molecule has 0 atom stereocenters. The van der Waals surface area contributed by atoms with E-state index in [2.05, 4.69) is 26.1 Å². The van der Waals surface area contributed by atoms with E-state index >= 15 is 0 Å². The second kappa shape index (κ2) is 7.39. The van der Waals surface area contributed by atoms with Gasteiger partial charge in [0.1, 0.15) is 0 Å². The van der Waals surface area contributed by atoms with Crippen molar-refractivity contribution in [3.63, 3.8) is 0 Å². The van der Waals surface area contributed by atoms with Gasteiger partial charge in [-0.15, -0.1) is 0 Å². The highest BCUT2D eigenvalue weighted by Crippen LogP contribution is 2.30. The lowest BCUT2D eigenvalue weighted by Crippen LogP contribution is -2.14. The van der Waals surface area contributed by atoms with E-state index in [1.54, 1.807) is 25.3 Å². The number of nitrogens with one attached hydrogen (secondary N) is 1. The molecule has 24 heavy (non-hydrogen) atoms. The fourth-order valence-corrected chi connectivity index (χ4v) is 2.34. The number of amides is 1. The number of carbonyl (C=O) groups excluding carboxylic acids is 1. The van der Waals surface area contributed by atoms with E-state index in [-0.39, 0.29) is 11.3 Å². The zero-order chi connectivity index (χ0) is 17.7. The van der Waals surface area contributed by atoms with Gasteiger partial charge in [0.25, 0.3) is 5.91 Å². The molecule has 0 spiro atoms. The van der Waals surface area contributed by atoms with E-state index in [4.69, 9.17) is 9.47 Å². The van der Waals surface area contributed by atoms with Gasteiger partial charge < -0.3 is 14.8 Å². The van der Waals surface area contributed by atoms with Crippen molar-refractivity contribution < 1.29 is 14.3 Å². The Hall–Kier alpha value is -2.49. The fraction of sp³-hybridized carbons (Fsp3) is 0.350. The predicted octanol–water partition coefficient (Wildman–Crippen LogP) is 4.64. The highest BCUT2D eigenvalue weighted by Gasteiger charge is 2.15. The van der Waals surface area contributed by atoms with Crippen LogP contribution in [0.1, 0.15) is 43.6 Å². The van der Waals surface area contributed by atoms with Crippen molar-refractivity contribution in [1.29, 1.82) is 0 Å². The van der Waals surface area contributed by atoms with Crippen LogP contribution < -0.4 is 14.8 Å². The first-order chi connectivity index (χ1) is 11.3. The maximum Gasteiger partial charge on any atom is 0.255 e. The second-order valence-corrected chi connectivity index (χ2v) is 6.58. The number of benzene rings is 2. The minimum atomic E-state index is -0.151. The van der Waals surface area contributed by atoms with Crippen LogP contribution in [0.2, 0.25) is 0 Å². The summed E-state index contributed by atoms with van der Waals surface area (Å²) < 4.78 is 10.8. The minimum Gasteiger partial charge on any atom is -0.493 e. The van der Waals surface area contributed by atoms with Gasteiger partial charge in [0.05, 0.1) is 13.7 Å². The first-order valence-corrected chi connectivity index (χ1v) is 8.08. The summed E-state index contributed by atoms with van der Waals surface area (Å²) in [5.74, 6) is 1.10. The summed E-state index contributed by atoms with van der Waals surface area (Å²) >= 11 is 0. The summed E-state index contributed by atoms with van der Waals surface area (Å²) in [6, 6.07) is 13.0. The van der Waals surface area contributed by atoms with Crippen LogP contribution >= 0.6 is 0 Å². The quantitative estimate of drug-likeness (QED) is 0.870. The largest absolute Gasteiger partial charge is 0.493 e. The highest BCUT2D eigenvalue weighted by atomic mass is 16.5. The van der Waals surface area contributed by atoms with Gasteiger partial charge in [-0.25, -0.2) is 0 Å². The molecule has 2 aromatic rings. The van der Waals surface area contributed by atoms with Crippen molar-refractivity contribution in [2.75, 3.05) is 19.0 Å². The molecule has 0 aromatic heterocycles. The summed E-state index contributed by atoms with van der Waals surface area (Å²) in [4.78, 5) is 12.4. The molecule has 0 fully saturated rings. The second-order valence-electron chi connectivity index (χ2n) is 6.58. The monoisotopic (exact) mass is 327 g/mol. The summed E-state index contributed by atoms with van der Waals surface area (Å²) in [6.45, 7) is 8.91. The van der Waals surface area contributed by atoms with E-state index in [1.807, 2.05) is 31.2 Å². The van der Waals surface area contributed by atoms with Gasteiger partial charge in [-0.1, -0.05) is 32.9 Å². The van der Waals surface area contributed by atoms with Crippen molar-refractivity contribution in [3.05, 3.63) is 53.6 Å². The predicted molar refractivity (Wildman–Crippen MR) is 97.3 cm³/mol. The molecule has 128 valence electrons. The Labute approximate surface area is 143 Å². The molecule has 0 heterocycles. The van der Waals surface area contributed by atoms with Gasteiger partial charge in [-0.3, -0.25) is 4.79 Å². The molecule has 0 aliphatic heterocycles. The maximum absolute atomic E-state index is 12.4. The van der Waals surface area contributed by atoms with E-state index in [1.165, 1.54) is 5.56 Å². The molecule has 1 amide bonds. The molecule has 0 aliphatic carbocycles. The van der Waals surface area contributed by atoms with Crippen LogP contribution in [0.3, 0.4) is 0 Å². The van der Waals surface area contributed by atoms with Crippen LogP contribution in [0.4, 0.5) is 5.69 Å². The van der Waals surface area contributed by atoms with Gasteiger partial charge >= 0.3 is 0 Å². The molecule has 0 saturated carbocycles. The minimum absolute atomic E-state index is 0.0669. The molecule has 0 aliphatic rings. The summed E-state index contributed by atoms with van der Waals surface area (Å²) in [6.07, 6.45) is 0. The standard InChI is InChI=1S/C20H25NO3/c1-6-24-17-12-11-16(13-18(17)23-5)21-19(22)14-7-9-15(10-8-14)20(2,3)4/h7-13H,6H2,1-5H3,(H,21,22). The topological polar surface area (TPSA) is 47.6 Å². The SMILES string of the molecule is CCOc1ccc(NC(=O)c2ccc(C(C)(C)C)cc2)cc1OC. The summed E-state index contributed by atoms with van der Waals surface area (Å²) in [7, 11) is 1.58. The average molecular weight is 327 g/mol. The molecule has 1 N–H and O–H groups in total. The summed E-state index contributed by atoms with van der Waals surface area (Å²) in [5.41, 5.74) is 2.55. The molecule has 0 saturated heterocycles. The normalized spacial score (nSPS) is 11.0. The van der Waals surface area contributed by atoms with E-state index in [9.17, 15) is 4.79 Å². The lowest BCUT2D eigenvalue weighted by molar-refractivity contribution is 0.102.